The standard InChI is InChI=1S/C4H6O/c1-2-4-5-3-1/h1,3H,2,4H2/i1D. The minimum atomic E-state index is 0.606. The second-order valence-electron chi connectivity index (χ2n) is 0.943. The van der Waals surface area contributed by atoms with E-state index in [1.165, 1.54) is 6.26 Å². The van der Waals surface area contributed by atoms with Gasteiger partial charge in [0.05, 0.1) is 14.2 Å². The van der Waals surface area contributed by atoms with Gasteiger partial charge in [0.2, 0.25) is 0 Å². The van der Waals surface area contributed by atoms with Gasteiger partial charge in [-0.15, -0.1) is 0 Å². The molecule has 0 aromatic carbocycles. The van der Waals surface area contributed by atoms with Gasteiger partial charge in [0.1, 0.15) is 0 Å². The summed E-state index contributed by atoms with van der Waals surface area (Å²) in [5, 5.41) is 0. The van der Waals surface area contributed by atoms with E-state index in [0.717, 1.165) is 6.42 Å². The van der Waals surface area contributed by atoms with E-state index in [9.17, 15) is 0 Å². The molecule has 1 heteroatoms. The molecule has 1 heterocycles. The molecule has 1 aliphatic rings. The zero-order valence-electron chi connectivity index (χ0n) is 3.90. The highest BCUT2D eigenvalue weighted by Crippen LogP contribution is 1.93. The van der Waals surface area contributed by atoms with Crippen LogP contribution in [0.15, 0.2) is 12.3 Å². The first-order valence-corrected chi connectivity index (χ1v) is 1.67. The highest BCUT2D eigenvalue weighted by molar-refractivity contribution is 4.78. The van der Waals surface area contributed by atoms with Gasteiger partial charge in [0, 0.05) is 6.42 Å². The van der Waals surface area contributed by atoms with E-state index in [1.54, 1.807) is 0 Å². The van der Waals surface area contributed by atoms with Gasteiger partial charge in [-0.2, -0.15) is 0 Å². The lowest BCUT2D eigenvalue weighted by molar-refractivity contribution is 0.281. The van der Waals surface area contributed by atoms with E-state index in [2.05, 4.69) is 0 Å². The molecule has 0 spiro atoms. The van der Waals surface area contributed by atoms with Crippen molar-refractivity contribution in [2.45, 2.75) is 6.42 Å². The SMILES string of the molecule is [2H]C1=COCC1. The van der Waals surface area contributed by atoms with Crippen LogP contribution < -0.4 is 0 Å². The molecule has 0 atom stereocenters. The van der Waals surface area contributed by atoms with E-state index in [4.69, 9.17) is 6.11 Å². The van der Waals surface area contributed by atoms with E-state index >= 15 is 0 Å². The molecule has 1 nitrogen and oxygen atoms in total. The lowest BCUT2D eigenvalue weighted by Crippen LogP contribution is -1.70. The molecule has 1 rings (SSSR count). The van der Waals surface area contributed by atoms with Crippen LogP contribution in [0.2, 0.25) is 0 Å². The normalized spacial score (nSPS) is 24.0. The van der Waals surface area contributed by atoms with Gasteiger partial charge in [-0.25, -0.2) is 0 Å². The molecule has 1 aliphatic heterocycles. The monoisotopic (exact) mass is 71.0 g/mol. The minimum Gasteiger partial charge on any atom is -0.501 e. The zero-order chi connectivity index (χ0) is 4.41. The maximum atomic E-state index is 6.87. The molecule has 0 unspecified atom stereocenters. The predicted octanol–water partition coefficient (Wildman–Crippen LogP) is 0.920. The Morgan fingerprint density at radius 2 is 3.00 bits per heavy atom. The van der Waals surface area contributed by atoms with E-state index < -0.39 is 0 Å². The Kier molecular flexibility index (Phi) is 0.411. The molecule has 0 fully saturated rings. The maximum Gasteiger partial charge on any atom is 0.0908 e. The fourth-order valence-electron chi connectivity index (χ4n) is 0.295. The van der Waals surface area contributed by atoms with Crippen LogP contribution in [0.3, 0.4) is 0 Å². The summed E-state index contributed by atoms with van der Waals surface area (Å²) in [6.07, 6.45) is 2.28. The number of hydrogen-bond donors (Lipinski definition) is 0. The van der Waals surface area contributed by atoms with Gasteiger partial charge in [0.25, 0.3) is 0 Å². The Morgan fingerprint density at radius 3 is 3.20 bits per heavy atom. The van der Waals surface area contributed by atoms with Crippen molar-refractivity contribution < 1.29 is 6.11 Å². The Bertz CT molecular complexity index is 77.6. The van der Waals surface area contributed by atoms with Crippen LogP contribution in [0.4, 0.5) is 0 Å². The second kappa shape index (κ2) is 1.11. The van der Waals surface area contributed by atoms with E-state index in [1.807, 2.05) is 0 Å². The highest BCUT2D eigenvalue weighted by Gasteiger charge is 1.83. The van der Waals surface area contributed by atoms with Crippen molar-refractivity contribution in [2.24, 2.45) is 0 Å². The number of ether oxygens (including phenoxy) is 1. The Labute approximate surface area is 32.7 Å². The molecule has 0 saturated carbocycles. The van der Waals surface area contributed by atoms with Crippen molar-refractivity contribution in [1.82, 2.24) is 0 Å². The summed E-state index contributed by atoms with van der Waals surface area (Å²) in [4.78, 5) is 0. The van der Waals surface area contributed by atoms with Gasteiger partial charge in [-0.1, -0.05) is 0 Å². The van der Waals surface area contributed by atoms with Gasteiger partial charge >= 0.3 is 0 Å². The average Bonchev–Trinajstić information content (AvgIpc) is 1.86. The third kappa shape index (κ3) is 0.407. The lowest BCUT2D eigenvalue weighted by Gasteiger charge is -1.79. The summed E-state index contributed by atoms with van der Waals surface area (Å²) in [7, 11) is 0. The number of hydrogen-bond acceptors (Lipinski definition) is 1. The van der Waals surface area contributed by atoms with Crippen LogP contribution >= 0.6 is 0 Å². The fourth-order valence-corrected chi connectivity index (χ4v) is 0.295. The van der Waals surface area contributed by atoms with Crippen LogP contribution in [0.5, 0.6) is 0 Å². The van der Waals surface area contributed by atoms with Crippen molar-refractivity contribution in [3.05, 3.63) is 12.3 Å². The number of rotatable bonds is 0. The molecule has 0 radical (unpaired) electrons. The van der Waals surface area contributed by atoms with Crippen LogP contribution in [0.1, 0.15) is 7.79 Å². The third-order valence-corrected chi connectivity index (χ3v) is 0.531. The molecule has 0 aromatic rings. The van der Waals surface area contributed by atoms with Crippen LogP contribution in [0.25, 0.3) is 0 Å². The summed E-state index contributed by atoms with van der Waals surface area (Å²) >= 11 is 0. The molecule has 0 saturated heterocycles. The summed E-state index contributed by atoms with van der Waals surface area (Å²) in [5.74, 6) is 0. The quantitative estimate of drug-likeness (QED) is 0.412. The molecule has 0 aliphatic carbocycles. The van der Waals surface area contributed by atoms with Crippen molar-refractivity contribution in [3.63, 3.8) is 0 Å². The molecular formula is C4H6O. The Balaban J connectivity index is 2.45. The smallest absolute Gasteiger partial charge is 0.0908 e. The molecular weight excluding hydrogens is 64.0 g/mol. The summed E-state index contributed by atoms with van der Waals surface area (Å²) in [6.45, 7) is 0.707. The summed E-state index contributed by atoms with van der Waals surface area (Å²) in [5.41, 5.74) is 0. The van der Waals surface area contributed by atoms with Gasteiger partial charge in [-0.3, -0.25) is 0 Å². The van der Waals surface area contributed by atoms with Crippen molar-refractivity contribution in [2.75, 3.05) is 6.61 Å². The molecule has 0 N–H and O–H groups in total. The topological polar surface area (TPSA) is 9.23 Å². The highest BCUT2D eigenvalue weighted by atomic mass is 16.5. The molecule has 28 valence electrons. The Morgan fingerprint density at radius 1 is 2.00 bits per heavy atom. The Hall–Kier alpha value is -0.460. The fraction of sp³-hybridized carbons (Fsp3) is 0.500. The first kappa shape index (κ1) is 1.85. The molecule has 0 bridgehead atoms. The largest absolute Gasteiger partial charge is 0.501 e. The van der Waals surface area contributed by atoms with Crippen molar-refractivity contribution >= 4 is 0 Å². The van der Waals surface area contributed by atoms with Crippen LogP contribution in [0, 0.1) is 0 Å². The summed E-state index contributed by atoms with van der Waals surface area (Å²) in [6, 6.07) is 0.606. The van der Waals surface area contributed by atoms with Crippen molar-refractivity contribution in [1.29, 1.82) is 0 Å². The maximum absolute atomic E-state index is 6.87. The van der Waals surface area contributed by atoms with Crippen molar-refractivity contribution in [3.8, 4) is 0 Å². The average molecular weight is 71.1 g/mol. The first-order chi connectivity index (χ1) is 2.89. The van der Waals surface area contributed by atoms with E-state index in [0.29, 0.717) is 12.7 Å². The molecule has 0 amide bonds. The third-order valence-electron chi connectivity index (χ3n) is 0.531. The predicted molar refractivity (Wildman–Crippen MR) is 19.7 cm³/mol. The van der Waals surface area contributed by atoms with Gasteiger partial charge in [-0.05, 0) is 6.05 Å². The molecule has 5 heavy (non-hydrogen) atoms. The zero-order valence-corrected chi connectivity index (χ0v) is 2.90. The lowest BCUT2D eigenvalue weighted by atomic mass is 10.5. The van der Waals surface area contributed by atoms with E-state index in [-0.39, 0.29) is 0 Å². The van der Waals surface area contributed by atoms with Gasteiger partial charge < -0.3 is 4.74 Å². The second-order valence-corrected chi connectivity index (χ2v) is 0.943. The molecule has 0 aromatic heterocycles. The van der Waals surface area contributed by atoms with Crippen LogP contribution in [-0.4, -0.2) is 6.61 Å². The first-order valence-electron chi connectivity index (χ1n) is 2.17. The summed E-state index contributed by atoms with van der Waals surface area (Å²) < 4.78 is 11.6. The minimum absolute atomic E-state index is 0.606. The van der Waals surface area contributed by atoms with Crippen LogP contribution in [-0.2, 0) is 4.74 Å². The van der Waals surface area contributed by atoms with Gasteiger partial charge in [0.15, 0.2) is 0 Å².